The van der Waals surface area contributed by atoms with E-state index in [2.05, 4.69) is 10.4 Å². The number of fused-ring (bicyclic) bond motifs is 3. The van der Waals surface area contributed by atoms with Gasteiger partial charge in [-0.25, -0.2) is 4.79 Å². The number of rotatable bonds is 3. The maximum Gasteiger partial charge on any atom is 0.347 e. The number of nitrogens with zero attached hydrogens (tertiary/aromatic N) is 2. The number of nitrogens with one attached hydrogen (secondary N) is 1. The highest BCUT2D eigenvalue weighted by molar-refractivity contribution is 6.30. The van der Waals surface area contributed by atoms with E-state index >= 15 is 0 Å². The summed E-state index contributed by atoms with van der Waals surface area (Å²) in [5.74, 6) is -0.274. The molecule has 6 nitrogen and oxygen atoms in total. The Bertz CT molecular complexity index is 1160. The van der Waals surface area contributed by atoms with Gasteiger partial charge >= 0.3 is 5.63 Å². The zero-order valence-electron chi connectivity index (χ0n) is 14.9. The molecule has 7 heteroatoms. The summed E-state index contributed by atoms with van der Waals surface area (Å²) >= 11 is 5.92. The lowest BCUT2D eigenvalue weighted by Gasteiger charge is -2.07. The van der Waals surface area contributed by atoms with Crippen LogP contribution in [0.1, 0.15) is 13.8 Å². The molecule has 0 aliphatic heterocycles. The van der Waals surface area contributed by atoms with Crippen molar-refractivity contribution in [2.24, 2.45) is 0 Å². The number of hydrogen-bond acceptors (Lipinski definition) is 4. The van der Waals surface area contributed by atoms with E-state index in [1.165, 1.54) is 10.9 Å². The second kappa shape index (κ2) is 8.05. The van der Waals surface area contributed by atoms with Crippen molar-refractivity contribution in [1.82, 2.24) is 9.78 Å². The van der Waals surface area contributed by atoms with E-state index in [0.29, 0.717) is 27.2 Å². The molecule has 0 saturated carbocycles. The molecule has 0 radical (unpaired) electrons. The van der Waals surface area contributed by atoms with Crippen LogP contribution in [-0.2, 0) is 11.3 Å². The van der Waals surface area contributed by atoms with Gasteiger partial charge in [0.2, 0.25) is 5.91 Å². The molecule has 4 rings (SSSR count). The Balaban J connectivity index is 0.00000102. The molecule has 0 unspecified atom stereocenters. The fourth-order valence-corrected chi connectivity index (χ4v) is 2.94. The van der Waals surface area contributed by atoms with Crippen LogP contribution in [0.3, 0.4) is 0 Å². The molecule has 2 aromatic carbocycles. The topological polar surface area (TPSA) is 77.1 Å². The van der Waals surface area contributed by atoms with Gasteiger partial charge in [-0.1, -0.05) is 43.6 Å². The highest BCUT2D eigenvalue weighted by Crippen LogP contribution is 2.22. The van der Waals surface area contributed by atoms with Gasteiger partial charge in [-0.2, -0.15) is 5.10 Å². The first-order valence-electron chi connectivity index (χ1n) is 8.54. The predicted octanol–water partition coefficient (Wildman–Crippen LogP) is 4.46. The van der Waals surface area contributed by atoms with Crippen molar-refractivity contribution in [1.29, 1.82) is 0 Å². The van der Waals surface area contributed by atoms with Crippen LogP contribution in [0.15, 0.2) is 63.9 Å². The molecule has 27 heavy (non-hydrogen) atoms. The molecule has 0 atom stereocenters. The van der Waals surface area contributed by atoms with E-state index in [1.807, 2.05) is 26.0 Å². The predicted molar refractivity (Wildman–Crippen MR) is 107 cm³/mol. The van der Waals surface area contributed by atoms with Crippen LogP contribution >= 0.6 is 11.6 Å². The normalized spacial score (nSPS) is 10.5. The third-order valence-corrected chi connectivity index (χ3v) is 4.04. The quantitative estimate of drug-likeness (QED) is 0.530. The van der Waals surface area contributed by atoms with E-state index in [0.717, 1.165) is 5.39 Å². The van der Waals surface area contributed by atoms with Gasteiger partial charge in [0.25, 0.3) is 0 Å². The number of para-hydroxylation sites is 1. The summed E-state index contributed by atoms with van der Waals surface area (Å²) in [5, 5.41) is 8.54. The molecule has 0 fully saturated rings. The Kier molecular flexibility index (Phi) is 5.57. The number of benzene rings is 2. The lowest BCUT2D eigenvalue weighted by molar-refractivity contribution is -0.116. The largest absolute Gasteiger partial charge is 0.422 e. The molecule has 2 heterocycles. The molecule has 0 saturated heterocycles. The minimum atomic E-state index is -0.477. The highest BCUT2D eigenvalue weighted by atomic mass is 35.5. The van der Waals surface area contributed by atoms with Crippen LogP contribution in [0.2, 0.25) is 5.02 Å². The first-order chi connectivity index (χ1) is 13.1. The Morgan fingerprint density at radius 3 is 2.70 bits per heavy atom. The standard InChI is InChI=1S/C18H12ClN3O3.C2H6/c19-11-4-3-5-12(8-11)21-16(23)10-22-17-13-6-1-2-7-15(13)25-18(24)14(17)9-20-22;1-2/h1-9H,10H2,(H,21,23);1-2H3. The Labute approximate surface area is 160 Å². The van der Waals surface area contributed by atoms with Crippen molar-refractivity contribution in [3.05, 3.63) is 70.2 Å². The minimum absolute atomic E-state index is 0.0382. The number of amides is 1. The van der Waals surface area contributed by atoms with Crippen LogP contribution in [0.4, 0.5) is 5.69 Å². The van der Waals surface area contributed by atoms with Gasteiger partial charge in [0.15, 0.2) is 0 Å². The highest BCUT2D eigenvalue weighted by Gasteiger charge is 2.15. The molecule has 1 amide bonds. The van der Waals surface area contributed by atoms with Crippen molar-refractivity contribution in [2.75, 3.05) is 5.32 Å². The third kappa shape index (κ3) is 3.85. The fourth-order valence-electron chi connectivity index (χ4n) is 2.75. The van der Waals surface area contributed by atoms with Crippen molar-refractivity contribution >= 4 is 45.1 Å². The smallest absolute Gasteiger partial charge is 0.347 e. The van der Waals surface area contributed by atoms with Gasteiger partial charge in [-0.3, -0.25) is 9.48 Å². The van der Waals surface area contributed by atoms with Gasteiger partial charge in [-0.05, 0) is 30.3 Å². The van der Waals surface area contributed by atoms with Crippen LogP contribution in [0.5, 0.6) is 0 Å². The first kappa shape index (κ1) is 18.7. The molecule has 2 aromatic heterocycles. The van der Waals surface area contributed by atoms with Crippen molar-refractivity contribution in [2.45, 2.75) is 20.4 Å². The molecule has 0 bridgehead atoms. The number of carbonyl (C=O) groups is 1. The summed E-state index contributed by atoms with van der Waals surface area (Å²) in [6, 6.07) is 14.0. The molecular weight excluding hydrogens is 366 g/mol. The van der Waals surface area contributed by atoms with Crippen LogP contribution in [-0.4, -0.2) is 15.7 Å². The molecular formula is C20H18ClN3O3. The summed E-state index contributed by atoms with van der Waals surface area (Å²) < 4.78 is 6.77. The summed E-state index contributed by atoms with van der Waals surface area (Å²) in [4.78, 5) is 24.4. The maximum atomic E-state index is 12.3. The Morgan fingerprint density at radius 1 is 1.15 bits per heavy atom. The fraction of sp³-hybridized carbons (Fsp3) is 0.150. The Hall–Kier alpha value is -3.12. The first-order valence-corrected chi connectivity index (χ1v) is 8.92. The van der Waals surface area contributed by atoms with Gasteiger partial charge < -0.3 is 9.73 Å². The van der Waals surface area contributed by atoms with Crippen LogP contribution in [0, 0.1) is 0 Å². The monoisotopic (exact) mass is 383 g/mol. The number of aromatic nitrogens is 2. The molecule has 138 valence electrons. The zero-order valence-corrected chi connectivity index (χ0v) is 15.7. The number of halogens is 1. The van der Waals surface area contributed by atoms with E-state index in [9.17, 15) is 9.59 Å². The molecule has 0 aliphatic carbocycles. The van der Waals surface area contributed by atoms with Gasteiger partial charge in [-0.15, -0.1) is 0 Å². The second-order valence-corrected chi connectivity index (χ2v) is 5.95. The third-order valence-electron chi connectivity index (χ3n) is 3.81. The SMILES string of the molecule is CC.O=C(Cn1ncc2c(=O)oc3ccccc3c21)Nc1cccc(Cl)c1. The van der Waals surface area contributed by atoms with Crippen LogP contribution in [0.25, 0.3) is 21.9 Å². The van der Waals surface area contributed by atoms with E-state index < -0.39 is 5.63 Å². The Morgan fingerprint density at radius 2 is 1.93 bits per heavy atom. The average molecular weight is 384 g/mol. The van der Waals surface area contributed by atoms with Crippen molar-refractivity contribution in [3.63, 3.8) is 0 Å². The van der Waals surface area contributed by atoms with Gasteiger partial charge in [0.05, 0.1) is 11.7 Å². The lowest BCUT2D eigenvalue weighted by Crippen LogP contribution is -2.19. The lowest BCUT2D eigenvalue weighted by atomic mass is 10.2. The summed E-state index contributed by atoms with van der Waals surface area (Å²) in [6.07, 6.45) is 1.42. The number of anilines is 1. The summed E-state index contributed by atoms with van der Waals surface area (Å²) in [6.45, 7) is 3.96. The van der Waals surface area contributed by atoms with Gasteiger partial charge in [0, 0.05) is 16.1 Å². The van der Waals surface area contributed by atoms with E-state index in [-0.39, 0.29) is 12.5 Å². The molecule has 0 aliphatic rings. The summed E-state index contributed by atoms with van der Waals surface area (Å²) in [5.41, 5.74) is 1.15. The van der Waals surface area contributed by atoms with Gasteiger partial charge in [0.1, 0.15) is 17.5 Å². The van der Waals surface area contributed by atoms with E-state index in [1.54, 1.807) is 36.4 Å². The van der Waals surface area contributed by atoms with E-state index in [4.69, 9.17) is 16.0 Å². The zero-order chi connectivity index (χ0) is 19.4. The number of hydrogen-bond donors (Lipinski definition) is 1. The minimum Gasteiger partial charge on any atom is -0.422 e. The molecule has 4 aromatic rings. The van der Waals surface area contributed by atoms with Crippen molar-refractivity contribution < 1.29 is 9.21 Å². The molecule has 1 N–H and O–H groups in total. The second-order valence-electron chi connectivity index (χ2n) is 5.51. The average Bonchev–Trinajstić information content (AvgIpc) is 3.08. The summed E-state index contributed by atoms with van der Waals surface area (Å²) in [7, 11) is 0. The maximum absolute atomic E-state index is 12.3. The number of carbonyl (C=O) groups excluding carboxylic acids is 1. The molecule has 0 spiro atoms. The van der Waals surface area contributed by atoms with Crippen LogP contribution < -0.4 is 10.9 Å². The van der Waals surface area contributed by atoms with Crippen molar-refractivity contribution in [3.8, 4) is 0 Å².